The Labute approximate surface area is 173 Å². The number of rotatable bonds is 5. The number of anilines is 2. The average molecular weight is 442 g/mol. The molecule has 0 unspecified atom stereocenters. The normalized spacial score (nSPS) is 19.7. The first-order chi connectivity index (χ1) is 13.7. The molecule has 0 radical (unpaired) electrons. The second-order valence-electron chi connectivity index (χ2n) is 6.96. The lowest BCUT2D eigenvalue weighted by Gasteiger charge is -2.26. The van der Waals surface area contributed by atoms with Crippen molar-refractivity contribution in [1.82, 2.24) is 4.72 Å². The number of aliphatic hydroxyl groups is 1. The lowest BCUT2D eigenvalue weighted by Crippen LogP contribution is -2.38. The maximum Gasteiger partial charge on any atom is 0.255 e. The molecule has 0 bridgehead atoms. The molecule has 3 rings (SSSR count). The van der Waals surface area contributed by atoms with Gasteiger partial charge >= 0.3 is 0 Å². The van der Waals surface area contributed by atoms with E-state index < -0.39 is 27.9 Å². The number of carbonyl (C=O) groups is 1. The Morgan fingerprint density at radius 3 is 2.48 bits per heavy atom. The summed E-state index contributed by atoms with van der Waals surface area (Å²) in [7, 11) is -3.96. The lowest BCUT2D eigenvalue weighted by molar-refractivity contribution is 0.102. The van der Waals surface area contributed by atoms with Gasteiger partial charge in [0.2, 0.25) is 10.0 Å². The Bertz CT molecular complexity index is 1020. The van der Waals surface area contributed by atoms with Gasteiger partial charge in [-0.05, 0) is 62.1 Å². The van der Waals surface area contributed by atoms with Gasteiger partial charge in [0, 0.05) is 17.3 Å². The fourth-order valence-corrected chi connectivity index (χ4v) is 4.80. The highest BCUT2D eigenvalue weighted by Gasteiger charge is 2.26. The van der Waals surface area contributed by atoms with Crippen LogP contribution in [-0.4, -0.2) is 31.6 Å². The zero-order valence-electron chi connectivity index (χ0n) is 15.4. The summed E-state index contributed by atoms with van der Waals surface area (Å²) in [6, 6.07) is 7.33. The van der Waals surface area contributed by atoms with Crippen LogP contribution in [0.5, 0.6) is 0 Å². The Morgan fingerprint density at radius 2 is 1.83 bits per heavy atom. The summed E-state index contributed by atoms with van der Waals surface area (Å²) >= 11 is 5.70. The second kappa shape index (κ2) is 8.66. The molecule has 1 fully saturated rings. The molecular weight excluding hydrogens is 421 g/mol. The van der Waals surface area contributed by atoms with Gasteiger partial charge in [-0.15, -0.1) is 0 Å². The van der Waals surface area contributed by atoms with Crippen molar-refractivity contribution in [3.63, 3.8) is 0 Å². The number of amides is 1. The highest BCUT2D eigenvalue weighted by atomic mass is 35.5. The topological polar surface area (TPSA) is 122 Å². The van der Waals surface area contributed by atoms with E-state index in [1.54, 1.807) is 0 Å². The zero-order valence-corrected chi connectivity index (χ0v) is 16.9. The van der Waals surface area contributed by atoms with Gasteiger partial charge in [0.15, 0.2) is 0 Å². The van der Waals surface area contributed by atoms with Crippen LogP contribution in [0.2, 0.25) is 5.02 Å². The van der Waals surface area contributed by atoms with Gasteiger partial charge in [-0.1, -0.05) is 11.6 Å². The Balaban J connectivity index is 1.79. The zero-order chi connectivity index (χ0) is 21.2. The Kier molecular flexibility index (Phi) is 6.42. The van der Waals surface area contributed by atoms with E-state index in [0.717, 1.165) is 6.07 Å². The van der Waals surface area contributed by atoms with Crippen molar-refractivity contribution in [2.45, 2.75) is 42.7 Å². The molecule has 2 aromatic rings. The number of carbonyl (C=O) groups excluding carboxylic acids is 1. The van der Waals surface area contributed by atoms with Gasteiger partial charge in [-0.2, -0.15) is 0 Å². The summed E-state index contributed by atoms with van der Waals surface area (Å²) in [5, 5.41) is 12.0. The number of aliphatic hydroxyl groups excluding tert-OH is 1. The molecule has 2 aromatic carbocycles. The number of benzene rings is 2. The minimum Gasteiger partial charge on any atom is -0.398 e. The first-order valence-corrected chi connectivity index (χ1v) is 10.9. The molecule has 1 aliphatic carbocycles. The number of halogens is 2. The number of sulfonamides is 1. The fourth-order valence-electron chi connectivity index (χ4n) is 3.16. The molecule has 7 nitrogen and oxygen atoms in total. The van der Waals surface area contributed by atoms with Crippen molar-refractivity contribution in [2.75, 3.05) is 11.1 Å². The van der Waals surface area contributed by atoms with Crippen LogP contribution < -0.4 is 15.8 Å². The Hall–Kier alpha value is -2.20. The molecule has 5 N–H and O–H groups in total. The first kappa shape index (κ1) is 21.5. The third-order valence-electron chi connectivity index (χ3n) is 4.76. The van der Waals surface area contributed by atoms with Crippen LogP contribution in [0.3, 0.4) is 0 Å². The van der Waals surface area contributed by atoms with Crippen molar-refractivity contribution in [1.29, 1.82) is 0 Å². The molecule has 1 amide bonds. The van der Waals surface area contributed by atoms with E-state index in [9.17, 15) is 22.7 Å². The van der Waals surface area contributed by atoms with E-state index >= 15 is 0 Å². The van der Waals surface area contributed by atoms with E-state index in [-0.39, 0.29) is 32.9 Å². The van der Waals surface area contributed by atoms with Crippen LogP contribution in [0.4, 0.5) is 15.8 Å². The average Bonchev–Trinajstić information content (AvgIpc) is 2.66. The van der Waals surface area contributed by atoms with Crippen LogP contribution in [0.1, 0.15) is 36.0 Å². The monoisotopic (exact) mass is 441 g/mol. The van der Waals surface area contributed by atoms with Crippen molar-refractivity contribution in [3.8, 4) is 0 Å². The summed E-state index contributed by atoms with van der Waals surface area (Å²) in [6.45, 7) is 0. The predicted molar refractivity (Wildman–Crippen MR) is 109 cm³/mol. The third kappa shape index (κ3) is 5.24. The van der Waals surface area contributed by atoms with Gasteiger partial charge in [0.1, 0.15) is 10.7 Å². The van der Waals surface area contributed by atoms with Crippen LogP contribution in [0.15, 0.2) is 41.3 Å². The number of hydrogen-bond acceptors (Lipinski definition) is 5. The van der Waals surface area contributed by atoms with Crippen molar-refractivity contribution < 1.29 is 22.7 Å². The van der Waals surface area contributed by atoms with Gasteiger partial charge in [0.05, 0.1) is 16.8 Å². The molecule has 0 saturated heterocycles. The number of hydrogen-bond donors (Lipinski definition) is 4. The predicted octanol–water partition coefficient (Wildman–Crippen LogP) is 2.90. The first-order valence-electron chi connectivity index (χ1n) is 9.02. The van der Waals surface area contributed by atoms with E-state index in [4.69, 9.17) is 17.3 Å². The van der Waals surface area contributed by atoms with Gasteiger partial charge in [0.25, 0.3) is 5.91 Å². The molecule has 0 aromatic heterocycles. The summed E-state index contributed by atoms with van der Waals surface area (Å²) in [5.41, 5.74) is 6.18. The molecular formula is C19H21ClFN3O4S. The largest absolute Gasteiger partial charge is 0.398 e. The Morgan fingerprint density at radius 1 is 1.14 bits per heavy atom. The van der Waals surface area contributed by atoms with Gasteiger partial charge < -0.3 is 16.2 Å². The van der Waals surface area contributed by atoms with Crippen molar-refractivity contribution in [3.05, 3.63) is 52.8 Å². The van der Waals surface area contributed by atoms with Gasteiger partial charge in [-0.25, -0.2) is 17.5 Å². The van der Waals surface area contributed by atoms with Crippen LogP contribution in [0.25, 0.3) is 0 Å². The molecule has 1 aliphatic rings. The van der Waals surface area contributed by atoms with Crippen LogP contribution in [-0.2, 0) is 10.0 Å². The maximum absolute atomic E-state index is 13.3. The summed E-state index contributed by atoms with van der Waals surface area (Å²) in [4.78, 5) is 12.3. The van der Waals surface area contributed by atoms with E-state index in [1.807, 2.05) is 0 Å². The number of nitrogens with two attached hydrogens (primary N) is 1. The van der Waals surface area contributed by atoms with E-state index in [1.165, 1.54) is 30.3 Å². The highest BCUT2D eigenvalue weighted by Crippen LogP contribution is 2.25. The van der Waals surface area contributed by atoms with Crippen LogP contribution in [0, 0.1) is 5.82 Å². The lowest BCUT2D eigenvalue weighted by atomic mass is 9.94. The molecule has 0 atom stereocenters. The molecule has 156 valence electrons. The van der Waals surface area contributed by atoms with Crippen molar-refractivity contribution >= 4 is 38.9 Å². The summed E-state index contributed by atoms with van der Waals surface area (Å²) < 4.78 is 41.4. The third-order valence-corrected chi connectivity index (χ3v) is 6.63. The second-order valence-corrected chi connectivity index (χ2v) is 9.05. The highest BCUT2D eigenvalue weighted by molar-refractivity contribution is 7.89. The SMILES string of the molecule is Nc1ccc(C(=O)Nc2ccc(F)c(Cl)c2)cc1S(=O)(=O)NC1CCC(O)CC1. The molecule has 0 heterocycles. The van der Waals surface area contributed by atoms with E-state index in [0.29, 0.717) is 25.7 Å². The minimum absolute atomic E-state index is 0.00900. The molecule has 0 spiro atoms. The quantitative estimate of drug-likeness (QED) is 0.531. The molecule has 1 saturated carbocycles. The number of nitrogen functional groups attached to an aromatic ring is 1. The summed E-state index contributed by atoms with van der Waals surface area (Å²) in [6.07, 6.45) is 1.67. The molecule has 0 aliphatic heterocycles. The van der Waals surface area contributed by atoms with Crippen LogP contribution >= 0.6 is 11.6 Å². The number of nitrogens with one attached hydrogen (secondary N) is 2. The maximum atomic E-state index is 13.3. The standard InChI is InChI=1S/C19H21ClFN3O4S/c20-15-10-13(4-7-16(15)21)23-19(26)11-1-8-17(22)18(9-11)29(27,28)24-12-2-5-14(25)6-3-12/h1,4,7-10,12,14,24-25H,2-3,5-6,22H2,(H,23,26). The van der Waals surface area contributed by atoms with E-state index in [2.05, 4.69) is 10.0 Å². The molecule has 29 heavy (non-hydrogen) atoms. The van der Waals surface area contributed by atoms with Crippen molar-refractivity contribution in [2.24, 2.45) is 0 Å². The minimum atomic E-state index is -3.96. The summed E-state index contributed by atoms with van der Waals surface area (Å²) in [5.74, 6) is -1.21. The molecule has 10 heteroatoms. The fraction of sp³-hybridized carbons (Fsp3) is 0.316. The van der Waals surface area contributed by atoms with Gasteiger partial charge in [-0.3, -0.25) is 4.79 Å². The smallest absolute Gasteiger partial charge is 0.255 e.